The first-order chi connectivity index (χ1) is 16.4. The molecule has 1 fully saturated rings. The fraction of sp³-hybridized carbons (Fsp3) is 0.240. The van der Waals surface area contributed by atoms with Gasteiger partial charge < -0.3 is 19.5 Å². The summed E-state index contributed by atoms with van der Waals surface area (Å²) in [4.78, 5) is 38.7. The zero-order chi connectivity index (χ0) is 24.5. The summed E-state index contributed by atoms with van der Waals surface area (Å²) in [6, 6.07) is 11.9. The molecule has 34 heavy (non-hydrogen) atoms. The molecule has 1 N–H and O–H groups in total. The second-order valence-corrected chi connectivity index (χ2v) is 7.90. The first kappa shape index (κ1) is 24.7. The van der Waals surface area contributed by atoms with E-state index in [1.165, 1.54) is 0 Å². The molecule has 0 atom stereocenters. The molecule has 1 saturated heterocycles. The molecule has 3 amide bonds. The van der Waals surface area contributed by atoms with Gasteiger partial charge in [-0.1, -0.05) is 12.0 Å². The number of nitrogens with zero attached hydrogens (tertiary/aromatic N) is 1. The van der Waals surface area contributed by atoms with Gasteiger partial charge in [0, 0.05) is 5.69 Å². The monoisotopic (exact) mass is 480 g/mol. The second-order valence-electron chi connectivity index (χ2n) is 6.91. The topological polar surface area (TPSA) is 94.2 Å². The van der Waals surface area contributed by atoms with Gasteiger partial charge in [0.1, 0.15) is 18.9 Å². The summed E-state index contributed by atoms with van der Waals surface area (Å²) < 4.78 is 16.4. The summed E-state index contributed by atoms with van der Waals surface area (Å²) in [6.45, 7) is 4.37. The fourth-order valence-corrected chi connectivity index (χ4v) is 3.89. The van der Waals surface area contributed by atoms with Crippen molar-refractivity contribution in [2.75, 3.05) is 31.7 Å². The van der Waals surface area contributed by atoms with Crippen LogP contribution in [0.15, 0.2) is 47.4 Å². The van der Waals surface area contributed by atoms with Gasteiger partial charge >= 0.3 is 0 Å². The van der Waals surface area contributed by atoms with Crippen LogP contribution in [0.2, 0.25) is 0 Å². The molecule has 1 heterocycles. The molecule has 9 heteroatoms. The Labute approximate surface area is 202 Å². The Morgan fingerprint density at radius 1 is 1.06 bits per heavy atom. The first-order valence-corrected chi connectivity index (χ1v) is 11.4. The average molecular weight is 481 g/mol. The quantitative estimate of drug-likeness (QED) is 0.403. The van der Waals surface area contributed by atoms with Crippen molar-refractivity contribution in [2.24, 2.45) is 0 Å². The summed E-state index contributed by atoms with van der Waals surface area (Å²) in [5.41, 5.74) is 1.17. The van der Waals surface area contributed by atoms with E-state index in [0.717, 1.165) is 16.7 Å². The zero-order valence-electron chi connectivity index (χ0n) is 18.8. The smallest absolute Gasteiger partial charge is 0.294 e. The fourth-order valence-electron chi connectivity index (χ4n) is 3.05. The van der Waals surface area contributed by atoms with Gasteiger partial charge in [0.25, 0.3) is 11.1 Å². The maximum absolute atomic E-state index is 12.8. The average Bonchev–Trinajstić information content (AvgIpc) is 3.07. The number of hydrogen-bond acceptors (Lipinski definition) is 7. The number of anilines is 1. The molecule has 3 rings (SSSR count). The second kappa shape index (κ2) is 11.8. The molecular formula is C25H24N2O6S. The Balaban J connectivity index is 1.68. The van der Waals surface area contributed by atoms with Crippen LogP contribution < -0.4 is 19.5 Å². The molecule has 0 bridgehead atoms. The Morgan fingerprint density at radius 2 is 1.79 bits per heavy atom. The minimum absolute atomic E-state index is 0.0943. The number of ether oxygens (including phenoxy) is 3. The van der Waals surface area contributed by atoms with Crippen LogP contribution in [0.1, 0.15) is 19.4 Å². The highest BCUT2D eigenvalue weighted by Crippen LogP contribution is 2.34. The highest BCUT2D eigenvalue weighted by molar-refractivity contribution is 8.18. The summed E-state index contributed by atoms with van der Waals surface area (Å²) in [5.74, 6) is 3.00. The lowest BCUT2D eigenvalue weighted by Crippen LogP contribution is -2.36. The van der Waals surface area contributed by atoms with Crippen LogP contribution in [0.5, 0.6) is 17.2 Å². The van der Waals surface area contributed by atoms with Crippen LogP contribution in [-0.2, 0) is 9.59 Å². The van der Waals surface area contributed by atoms with Gasteiger partial charge in [-0.2, -0.15) is 0 Å². The normalized spacial score (nSPS) is 14.1. The number of rotatable bonds is 10. The minimum Gasteiger partial charge on any atom is -0.494 e. The standard InChI is InChI=1S/C25H24N2O6S/c1-4-13-33-20-12-7-17(14-21(20)32-6-3)15-22-24(29)27(25(30)34-22)16-23(28)26-18-8-10-19(11-9-18)31-5-2/h1,7-12,14-15H,5-6,13,16H2,2-3H3,(H,26,28). The molecule has 176 valence electrons. The highest BCUT2D eigenvalue weighted by Gasteiger charge is 2.36. The lowest BCUT2D eigenvalue weighted by atomic mass is 10.2. The van der Waals surface area contributed by atoms with Crippen LogP contribution in [0.4, 0.5) is 10.5 Å². The number of carbonyl (C=O) groups excluding carboxylic acids is 3. The first-order valence-electron chi connectivity index (χ1n) is 10.6. The molecule has 2 aromatic rings. The number of benzene rings is 2. The molecule has 2 aromatic carbocycles. The Morgan fingerprint density at radius 3 is 2.47 bits per heavy atom. The van der Waals surface area contributed by atoms with E-state index in [9.17, 15) is 14.4 Å². The van der Waals surface area contributed by atoms with Crippen molar-refractivity contribution in [3.8, 4) is 29.6 Å². The summed E-state index contributed by atoms with van der Waals surface area (Å²) >= 11 is 0.773. The van der Waals surface area contributed by atoms with E-state index in [1.807, 2.05) is 13.8 Å². The van der Waals surface area contributed by atoms with E-state index in [-0.39, 0.29) is 11.5 Å². The third-order valence-electron chi connectivity index (χ3n) is 4.50. The molecule has 0 spiro atoms. The highest BCUT2D eigenvalue weighted by atomic mass is 32.2. The van der Waals surface area contributed by atoms with Crippen molar-refractivity contribution in [2.45, 2.75) is 13.8 Å². The van der Waals surface area contributed by atoms with Crippen molar-refractivity contribution in [1.82, 2.24) is 4.90 Å². The molecule has 0 aliphatic carbocycles. The number of carbonyl (C=O) groups is 3. The molecule has 0 saturated carbocycles. The summed E-state index contributed by atoms with van der Waals surface area (Å²) in [6.07, 6.45) is 6.81. The van der Waals surface area contributed by atoms with Crippen molar-refractivity contribution >= 4 is 40.6 Å². The SMILES string of the molecule is C#CCOc1ccc(C=C2SC(=O)N(CC(=O)Nc3ccc(OCC)cc3)C2=O)cc1OCC. The Kier molecular flexibility index (Phi) is 8.60. The Hall–Kier alpha value is -3.90. The number of thioether (sulfide) groups is 1. The molecule has 0 radical (unpaired) electrons. The van der Waals surface area contributed by atoms with Gasteiger partial charge in [-0.05, 0) is 73.6 Å². The van der Waals surface area contributed by atoms with Gasteiger partial charge in [-0.3, -0.25) is 19.3 Å². The number of nitrogens with one attached hydrogen (secondary N) is 1. The van der Waals surface area contributed by atoms with E-state index < -0.39 is 23.6 Å². The van der Waals surface area contributed by atoms with Gasteiger partial charge in [-0.25, -0.2) is 0 Å². The van der Waals surface area contributed by atoms with Crippen molar-refractivity contribution in [1.29, 1.82) is 0 Å². The third-order valence-corrected chi connectivity index (χ3v) is 5.41. The van der Waals surface area contributed by atoms with Gasteiger partial charge in [0.05, 0.1) is 18.1 Å². The van der Waals surface area contributed by atoms with Crippen LogP contribution >= 0.6 is 11.8 Å². The van der Waals surface area contributed by atoms with Gasteiger partial charge in [-0.15, -0.1) is 6.42 Å². The lowest BCUT2D eigenvalue weighted by Gasteiger charge is -2.13. The molecule has 1 aliphatic rings. The number of amides is 3. The van der Waals surface area contributed by atoms with E-state index in [0.29, 0.717) is 41.7 Å². The zero-order valence-corrected chi connectivity index (χ0v) is 19.6. The summed E-state index contributed by atoms with van der Waals surface area (Å²) in [5, 5.41) is 2.16. The van der Waals surface area contributed by atoms with Crippen molar-refractivity contribution < 1.29 is 28.6 Å². The van der Waals surface area contributed by atoms with Crippen LogP contribution in [0, 0.1) is 12.3 Å². The molecule has 0 unspecified atom stereocenters. The van der Waals surface area contributed by atoms with Gasteiger partial charge in [0.15, 0.2) is 11.5 Å². The molecule has 1 aliphatic heterocycles. The number of terminal acetylenes is 1. The maximum Gasteiger partial charge on any atom is 0.294 e. The third kappa shape index (κ3) is 6.33. The number of hydrogen-bond donors (Lipinski definition) is 1. The maximum atomic E-state index is 12.8. The van der Waals surface area contributed by atoms with Crippen LogP contribution in [-0.4, -0.2) is 48.3 Å². The van der Waals surface area contributed by atoms with Crippen LogP contribution in [0.25, 0.3) is 6.08 Å². The van der Waals surface area contributed by atoms with E-state index in [2.05, 4.69) is 11.2 Å². The van der Waals surface area contributed by atoms with E-state index in [4.69, 9.17) is 20.6 Å². The van der Waals surface area contributed by atoms with E-state index in [1.54, 1.807) is 48.5 Å². The van der Waals surface area contributed by atoms with Crippen LogP contribution in [0.3, 0.4) is 0 Å². The van der Waals surface area contributed by atoms with Crippen molar-refractivity contribution in [3.05, 3.63) is 52.9 Å². The van der Waals surface area contributed by atoms with Crippen molar-refractivity contribution in [3.63, 3.8) is 0 Å². The Bertz CT molecular complexity index is 1140. The minimum atomic E-state index is -0.539. The predicted octanol–water partition coefficient (Wildman–Crippen LogP) is 4.17. The van der Waals surface area contributed by atoms with E-state index >= 15 is 0 Å². The molecule has 0 aromatic heterocycles. The predicted molar refractivity (Wildman–Crippen MR) is 131 cm³/mol. The van der Waals surface area contributed by atoms with Gasteiger partial charge in [0.2, 0.25) is 5.91 Å². The molecule has 8 nitrogen and oxygen atoms in total. The number of imide groups is 1. The lowest BCUT2D eigenvalue weighted by molar-refractivity contribution is -0.127. The largest absolute Gasteiger partial charge is 0.494 e. The summed E-state index contributed by atoms with van der Waals surface area (Å²) in [7, 11) is 0. The molecular weight excluding hydrogens is 456 g/mol.